The van der Waals surface area contributed by atoms with Crippen LogP contribution in [-0.2, 0) is 6.61 Å². The first-order valence-electron chi connectivity index (χ1n) is 4.51. The molecule has 2 aromatic heterocycles. The van der Waals surface area contributed by atoms with Gasteiger partial charge in [-0.05, 0) is 18.2 Å². The van der Waals surface area contributed by atoms with Crippen molar-refractivity contribution in [1.82, 2.24) is 4.98 Å². The molecule has 0 spiro atoms. The molecule has 0 atom stereocenters. The lowest BCUT2D eigenvalue weighted by molar-refractivity contribution is 0.260. The van der Waals surface area contributed by atoms with E-state index in [0.29, 0.717) is 17.2 Å². The summed E-state index contributed by atoms with van der Waals surface area (Å²) in [6.07, 6.45) is 1.56. The summed E-state index contributed by atoms with van der Waals surface area (Å²) in [5, 5.41) is 8.96. The van der Waals surface area contributed by atoms with Crippen molar-refractivity contribution in [2.24, 2.45) is 0 Å². The molecule has 0 fully saturated rings. The number of hydrogen-bond donors (Lipinski definition) is 0. The van der Waals surface area contributed by atoms with Crippen LogP contribution in [0.1, 0.15) is 11.3 Å². The molecule has 0 aliphatic rings. The lowest BCUT2D eigenvalue weighted by Crippen LogP contribution is -1.96. The van der Waals surface area contributed by atoms with Gasteiger partial charge in [0.05, 0.1) is 17.9 Å². The summed E-state index contributed by atoms with van der Waals surface area (Å²) in [7, 11) is 0. The molecule has 0 N–H and O–H groups in total. The quantitative estimate of drug-likeness (QED) is 0.767. The molecule has 2 rings (SSSR count). The van der Waals surface area contributed by atoms with Crippen LogP contribution >= 0.6 is 11.6 Å². The second kappa shape index (κ2) is 4.69. The van der Waals surface area contributed by atoms with E-state index >= 15 is 0 Å². The van der Waals surface area contributed by atoms with E-state index in [1.807, 2.05) is 6.07 Å². The topological polar surface area (TPSA) is 59.0 Å². The minimum Gasteiger partial charge on any atom is -0.469 e. The first kappa shape index (κ1) is 10.5. The van der Waals surface area contributed by atoms with Crippen molar-refractivity contribution in [3.63, 3.8) is 0 Å². The Balaban J connectivity index is 2.10. The van der Waals surface area contributed by atoms with Crippen molar-refractivity contribution in [3.8, 4) is 11.9 Å². The van der Waals surface area contributed by atoms with Gasteiger partial charge in [-0.1, -0.05) is 11.6 Å². The standard InChI is InChI=1S/C11H7ClN2O2/c12-10-4-8(6-13)5-11(14-10)16-7-9-2-1-3-15-9/h1-5H,7H2. The molecule has 5 heteroatoms. The highest BCUT2D eigenvalue weighted by molar-refractivity contribution is 6.29. The first-order chi connectivity index (χ1) is 7.78. The zero-order valence-corrected chi connectivity index (χ0v) is 8.94. The average molecular weight is 235 g/mol. The molecule has 0 aromatic carbocycles. The van der Waals surface area contributed by atoms with Crippen LogP contribution in [0.2, 0.25) is 5.15 Å². The Kier molecular flexibility index (Phi) is 3.08. The fourth-order valence-corrected chi connectivity index (χ4v) is 1.35. The smallest absolute Gasteiger partial charge is 0.216 e. The molecule has 0 aliphatic carbocycles. The summed E-state index contributed by atoms with van der Waals surface area (Å²) >= 11 is 5.72. The van der Waals surface area contributed by atoms with E-state index < -0.39 is 0 Å². The third-order valence-corrected chi connectivity index (χ3v) is 2.04. The maximum absolute atomic E-state index is 8.73. The molecular weight excluding hydrogens is 228 g/mol. The fraction of sp³-hybridized carbons (Fsp3) is 0.0909. The highest BCUT2D eigenvalue weighted by Crippen LogP contribution is 2.16. The van der Waals surface area contributed by atoms with E-state index in [1.165, 1.54) is 12.1 Å². The van der Waals surface area contributed by atoms with Gasteiger partial charge in [0.15, 0.2) is 0 Å². The third kappa shape index (κ3) is 2.53. The molecule has 0 bridgehead atoms. The fourth-order valence-electron chi connectivity index (χ4n) is 1.15. The van der Waals surface area contributed by atoms with Gasteiger partial charge in [0.2, 0.25) is 5.88 Å². The van der Waals surface area contributed by atoms with Gasteiger partial charge in [-0.25, -0.2) is 4.98 Å². The van der Waals surface area contributed by atoms with Gasteiger partial charge < -0.3 is 9.15 Å². The van der Waals surface area contributed by atoms with Crippen molar-refractivity contribution in [3.05, 3.63) is 47.0 Å². The predicted molar refractivity (Wildman–Crippen MR) is 57.0 cm³/mol. The molecule has 2 heterocycles. The molecule has 0 aliphatic heterocycles. The molecule has 16 heavy (non-hydrogen) atoms. The van der Waals surface area contributed by atoms with Crippen LogP contribution in [0.3, 0.4) is 0 Å². The largest absolute Gasteiger partial charge is 0.469 e. The lowest BCUT2D eigenvalue weighted by atomic mass is 10.3. The van der Waals surface area contributed by atoms with Crippen molar-refractivity contribution in [2.75, 3.05) is 0 Å². The molecule has 2 aromatic rings. The minimum atomic E-state index is 0.230. The van der Waals surface area contributed by atoms with Crippen LogP contribution in [0.15, 0.2) is 34.9 Å². The zero-order chi connectivity index (χ0) is 11.4. The zero-order valence-electron chi connectivity index (χ0n) is 8.18. The lowest BCUT2D eigenvalue weighted by Gasteiger charge is -2.03. The molecule has 0 radical (unpaired) electrons. The van der Waals surface area contributed by atoms with Crippen molar-refractivity contribution < 1.29 is 9.15 Å². The number of rotatable bonds is 3. The molecule has 80 valence electrons. The number of aromatic nitrogens is 1. The number of furan rings is 1. The van der Waals surface area contributed by atoms with Crippen molar-refractivity contribution in [1.29, 1.82) is 5.26 Å². The van der Waals surface area contributed by atoms with E-state index in [4.69, 9.17) is 26.0 Å². The molecular formula is C11H7ClN2O2. The SMILES string of the molecule is N#Cc1cc(Cl)nc(OCc2ccco2)c1. The van der Waals surface area contributed by atoms with Gasteiger partial charge in [-0.15, -0.1) is 0 Å². The summed E-state index contributed by atoms with van der Waals surface area (Å²) in [5.74, 6) is 0.987. The van der Waals surface area contributed by atoms with Gasteiger partial charge >= 0.3 is 0 Å². The van der Waals surface area contributed by atoms with E-state index in [9.17, 15) is 0 Å². The maximum atomic E-state index is 8.73. The predicted octanol–water partition coefficient (Wildman–Crippen LogP) is 2.78. The third-order valence-electron chi connectivity index (χ3n) is 1.84. The van der Waals surface area contributed by atoms with Crippen LogP contribution in [0.5, 0.6) is 5.88 Å². The van der Waals surface area contributed by atoms with Crippen LogP contribution in [0.25, 0.3) is 0 Å². The van der Waals surface area contributed by atoms with Crippen molar-refractivity contribution >= 4 is 11.6 Å². The van der Waals surface area contributed by atoms with Gasteiger partial charge in [0.25, 0.3) is 0 Å². The summed E-state index contributed by atoms with van der Waals surface area (Å²) in [6, 6.07) is 8.53. The Bertz CT molecular complexity index is 517. The number of hydrogen-bond acceptors (Lipinski definition) is 4. The Hall–Kier alpha value is -1.99. The minimum absolute atomic E-state index is 0.230. The van der Waals surface area contributed by atoms with E-state index in [1.54, 1.807) is 18.4 Å². The molecule has 0 amide bonds. The molecule has 0 saturated carbocycles. The monoisotopic (exact) mass is 234 g/mol. The second-order valence-electron chi connectivity index (χ2n) is 3.00. The Morgan fingerprint density at radius 1 is 1.50 bits per heavy atom. The van der Waals surface area contributed by atoms with Gasteiger partial charge in [-0.2, -0.15) is 5.26 Å². The van der Waals surface area contributed by atoms with E-state index in [-0.39, 0.29) is 11.8 Å². The summed E-state index contributed by atoms with van der Waals surface area (Å²) in [4.78, 5) is 3.93. The summed E-state index contributed by atoms with van der Waals surface area (Å²) in [6.45, 7) is 0.255. The number of halogens is 1. The Labute approximate surface area is 97.0 Å². The summed E-state index contributed by atoms with van der Waals surface area (Å²) in [5.41, 5.74) is 0.412. The second-order valence-corrected chi connectivity index (χ2v) is 3.38. The van der Waals surface area contributed by atoms with Crippen LogP contribution in [0, 0.1) is 11.3 Å². The summed E-state index contributed by atoms with van der Waals surface area (Å²) < 4.78 is 10.4. The molecule has 0 saturated heterocycles. The van der Waals surface area contributed by atoms with Gasteiger partial charge in [0, 0.05) is 6.07 Å². The number of nitrogens with zero attached hydrogens (tertiary/aromatic N) is 2. The Morgan fingerprint density at radius 3 is 3.06 bits per heavy atom. The van der Waals surface area contributed by atoms with Gasteiger partial charge in [0.1, 0.15) is 17.5 Å². The molecule has 0 unspecified atom stereocenters. The maximum Gasteiger partial charge on any atom is 0.216 e. The van der Waals surface area contributed by atoms with Gasteiger partial charge in [-0.3, -0.25) is 0 Å². The highest BCUT2D eigenvalue weighted by Gasteiger charge is 2.03. The van der Waals surface area contributed by atoms with Crippen LogP contribution in [0.4, 0.5) is 0 Å². The van der Waals surface area contributed by atoms with Crippen molar-refractivity contribution in [2.45, 2.75) is 6.61 Å². The number of ether oxygens (including phenoxy) is 1. The van der Waals surface area contributed by atoms with Crippen LogP contribution < -0.4 is 4.74 Å². The van der Waals surface area contributed by atoms with E-state index in [0.717, 1.165) is 0 Å². The Morgan fingerprint density at radius 2 is 2.38 bits per heavy atom. The normalized spacial score (nSPS) is 9.75. The highest BCUT2D eigenvalue weighted by atomic mass is 35.5. The van der Waals surface area contributed by atoms with Crippen LogP contribution in [-0.4, -0.2) is 4.98 Å². The molecule has 4 nitrogen and oxygen atoms in total. The number of nitriles is 1. The average Bonchev–Trinajstić information content (AvgIpc) is 2.78. The number of pyridine rings is 1. The van der Waals surface area contributed by atoms with E-state index in [2.05, 4.69) is 4.98 Å². The first-order valence-corrected chi connectivity index (χ1v) is 4.88.